The van der Waals surface area contributed by atoms with E-state index < -0.39 is 0 Å². The maximum atomic E-state index is 13.7. The minimum Gasteiger partial charge on any atom is -0.497 e. The molecule has 182 valence electrons. The Morgan fingerprint density at radius 2 is 1.57 bits per heavy atom. The number of rotatable bonds is 5. The van der Waals surface area contributed by atoms with E-state index in [0.29, 0.717) is 38.3 Å². The molecule has 3 heterocycles. The zero-order valence-corrected chi connectivity index (χ0v) is 20.3. The highest BCUT2D eigenvalue weighted by atomic mass is 16.5. The van der Waals surface area contributed by atoms with Crippen LogP contribution in [-0.2, 0) is 4.79 Å². The van der Waals surface area contributed by atoms with Gasteiger partial charge in [-0.3, -0.25) is 14.5 Å². The molecule has 35 heavy (non-hydrogen) atoms. The second kappa shape index (κ2) is 10.4. The van der Waals surface area contributed by atoms with Crippen LogP contribution in [0.4, 0.5) is 0 Å². The molecular weight excluding hydrogens is 440 g/mol. The van der Waals surface area contributed by atoms with Crippen molar-refractivity contribution in [1.29, 1.82) is 0 Å². The minimum atomic E-state index is 0.0142. The van der Waals surface area contributed by atoms with Crippen molar-refractivity contribution in [2.24, 2.45) is 0 Å². The number of likely N-dealkylation sites (tertiary alicyclic amines) is 1. The largest absolute Gasteiger partial charge is 0.497 e. The van der Waals surface area contributed by atoms with Crippen molar-refractivity contribution in [2.45, 2.75) is 19.3 Å². The van der Waals surface area contributed by atoms with Gasteiger partial charge in [0, 0.05) is 50.2 Å². The van der Waals surface area contributed by atoms with Crippen LogP contribution in [0.2, 0.25) is 0 Å². The van der Waals surface area contributed by atoms with Crippen LogP contribution < -0.4 is 4.74 Å². The van der Waals surface area contributed by atoms with E-state index in [1.54, 1.807) is 7.11 Å². The molecule has 0 aliphatic carbocycles. The van der Waals surface area contributed by atoms with Gasteiger partial charge in [0.05, 0.1) is 30.4 Å². The van der Waals surface area contributed by atoms with E-state index in [0.717, 1.165) is 53.8 Å². The van der Waals surface area contributed by atoms with E-state index >= 15 is 0 Å². The van der Waals surface area contributed by atoms with Crippen LogP contribution in [0.25, 0.3) is 22.2 Å². The SMILES string of the molecule is COc1ccc(-c2cc(C(=O)N3CCN(CC(=O)N4CCCCC4)CC3)c3ccccc3n2)cc1. The Kier molecular flexibility index (Phi) is 6.95. The number of aromatic nitrogens is 1. The number of carbonyl (C=O) groups excluding carboxylic acids is 2. The van der Waals surface area contributed by atoms with Gasteiger partial charge in [-0.15, -0.1) is 0 Å². The maximum absolute atomic E-state index is 13.7. The fourth-order valence-electron chi connectivity index (χ4n) is 4.98. The van der Waals surface area contributed by atoms with Gasteiger partial charge < -0.3 is 14.5 Å². The van der Waals surface area contributed by atoms with Crippen LogP contribution in [-0.4, -0.2) is 84.4 Å². The number of para-hydroxylation sites is 1. The van der Waals surface area contributed by atoms with Crippen LogP contribution in [0.1, 0.15) is 29.6 Å². The Hall–Kier alpha value is -3.45. The summed E-state index contributed by atoms with van der Waals surface area (Å²) in [5.74, 6) is 1.01. The van der Waals surface area contributed by atoms with Crippen LogP contribution >= 0.6 is 0 Å². The van der Waals surface area contributed by atoms with Gasteiger partial charge in [0.25, 0.3) is 5.91 Å². The highest BCUT2D eigenvalue weighted by Gasteiger charge is 2.26. The predicted molar refractivity (Wildman–Crippen MR) is 137 cm³/mol. The quantitative estimate of drug-likeness (QED) is 0.567. The average molecular weight is 473 g/mol. The zero-order valence-electron chi connectivity index (χ0n) is 20.3. The summed E-state index contributed by atoms with van der Waals surface area (Å²) in [6.07, 6.45) is 3.42. The van der Waals surface area contributed by atoms with E-state index in [1.165, 1.54) is 6.42 Å². The van der Waals surface area contributed by atoms with Crippen molar-refractivity contribution >= 4 is 22.7 Å². The molecule has 0 unspecified atom stereocenters. The Balaban J connectivity index is 1.31. The molecule has 2 aromatic carbocycles. The number of pyridine rings is 1. The Morgan fingerprint density at radius 1 is 0.857 bits per heavy atom. The summed E-state index contributed by atoms with van der Waals surface area (Å²) in [6.45, 7) is 4.84. The van der Waals surface area contributed by atoms with Gasteiger partial charge in [-0.05, 0) is 55.7 Å². The lowest BCUT2D eigenvalue weighted by Gasteiger charge is -2.36. The summed E-state index contributed by atoms with van der Waals surface area (Å²) in [5, 5.41) is 0.859. The number of ether oxygens (including phenoxy) is 1. The molecule has 0 bridgehead atoms. The van der Waals surface area contributed by atoms with Crippen molar-refractivity contribution in [3.63, 3.8) is 0 Å². The van der Waals surface area contributed by atoms with Crippen molar-refractivity contribution in [1.82, 2.24) is 19.7 Å². The van der Waals surface area contributed by atoms with Gasteiger partial charge in [0.15, 0.2) is 0 Å². The summed E-state index contributed by atoms with van der Waals surface area (Å²) in [7, 11) is 1.64. The number of piperazine rings is 1. The summed E-state index contributed by atoms with van der Waals surface area (Å²) < 4.78 is 5.27. The molecule has 0 saturated carbocycles. The van der Waals surface area contributed by atoms with Crippen LogP contribution in [0.3, 0.4) is 0 Å². The van der Waals surface area contributed by atoms with E-state index in [-0.39, 0.29) is 11.8 Å². The standard InChI is InChI=1S/C28H32N4O3/c1-35-22-11-9-21(10-12-22)26-19-24(23-7-3-4-8-25(23)29-26)28(34)32-17-15-30(16-18-32)20-27(33)31-13-5-2-6-14-31/h3-4,7-12,19H,2,5-6,13-18,20H2,1H3. The van der Waals surface area contributed by atoms with Gasteiger partial charge in [-0.2, -0.15) is 0 Å². The number of fused-ring (bicyclic) bond motifs is 1. The number of amides is 2. The number of nitrogens with zero attached hydrogens (tertiary/aromatic N) is 4. The van der Waals surface area contributed by atoms with Gasteiger partial charge in [-0.1, -0.05) is 18.2 Å². The Labute approximate surface area is 206 Å². The van der Waals surface area contributed by atoms with E-state index in [9.17, 15) is 9.59 Å². The third-order valence-corrected chi connectivity index (χ3v) is 7.06. The van der Waals surface area contributed by atoms with Crippen LogP contribution in [0.15, 0.2) is 54.6 Å². The molecule has 2 aliphatic rings. The minimum absolute atomic E-state index is 0.0142. The lowest BCUT2D eigenvalue weighted by atomic mass is 10.0. The summed E-state index contributed by atoms with van der Waals surface area (Å²) in [5.41, 5.74) is 3.17. The molecule has 5 rings (SSSR count). The number of piperidine rings is 1. The van der Waals surface area contributed by atoms with Gasteiger partial charge in [0.2, 0.25) is 5.91 Å². The molecule has 0 atom stereocenters. The fourth-order valence-corrected chi connectivity index (χ4v) is 4.98. The molecule has 2 fully saturated rings. The second-order valence-corrected chi connectivity index (χ2v) is 9.31. The lowest BCUT2D eigenvalue weighted by Crippen LogP contribution is -2.52. The summed E-state index contributed by atoms with van der Waals surface area (Å²) in [4.78, 5) is 37.2. The molecule has 0 spiro atoms. The molecule has 0 N–H and O–H groups in total. The monoisotopic (exact) mass is 472 g/mol. The number of benzene rings is 2. The number of hydrogen-bond acceptors (Lipinski definition) is 5. The maximum Gasteiger partial charge on any atom is 0.254 e. The van der Waals surface area contributed by atoms with Crippen molar-refractivity contribution in [2.75, 3.05) is 52.9 Å². The highest BCUT2D eigenvalue weighted by molar-refractivity contribution is 6.07. The third kappa shape index (κ3) is 5.15. The molecule has 2 saturated heterocycles. The first-order valence-electron chi connectivity index (χ1n) is 12.5. The molecule has 7 heteroatoms. The highest BCUT2D eigenvalue weighted by Crippen LogP contribution is 2.27. The Bertz CT molecular complexity index is 1200. The van der Waals surface area contributed by atoms with Crippen molar-refractivity contribution in [3.8, 4) is 17.0 Å². The molecule has 7 nitrogen and oxygen atoms in total. The van der Waals surface area contributed by atoms with E-state index in [4.69, 9.17) is 9.72 Å². The van der Waals surface area contributed by atoms with Crippen LogP contribution in [0, 0.1) is 0 Å². The lowest BCUT2D eigenvalue weighted by molar-refractivity contribution is -0.133. The van der Waals surface area contributed by atoms with Gasteiger partial charge in [0.1, 0.15) is 5.75 Å². The topological polar surface area (TPSA) is 66.0 Å². The molecule has 2 amide bonds. The number of hydrogen-bond donors (Lipinski definition) is 0. The first kappa shape index (κ1) is 23.3. The summed E-state index contributed by atoms with van der Waals surface area (Å²) in [6, 6.07) is 17.4. The number of methoxy groups -OCH3 is 1. The fraction of sp³-hybridized carbons (Fsp3) is 0.393. The zero-order chi connectivity index (χ0) is 24.2. The van der Waals surface area contributed by atoms with Crippen molar-refractivity contribution < 1.29 is 14.3 Å². The molecular formula is C28H32N4O3. The van der Waals surface area contributed by atoms with E-state index in [2.05, 4.69) is 4.90 Å². The van der Waals surface area contributed by atoms with Gasteiger partial charge >= 0.3 is 0 Å². The third-order valence-electron chi connectivity index (χ3n) is 7.06. The predicted octanol–water partition coefficient (Wildman–Crippen LogP) is 3.68. The first-order valence-corrected chi connectivity index (χ1v) is 12.5. The normalized spacial score (nSPS) is 16.9. The first-order chi connectivity index (χ1) is 17.1. The van der Waals surface area contributed by atoms with Crippen LogP contribution in [0.5, 0.6) is 5.75 Å². The summed E-state index contributed by atoms with van der Waals surface area (Å²) >= 11 is 0. The van der Waals surface area contributed by atoms with Crippen molar-refractivity contribution in [3.05, 3.63) is 60.2 Å². The molecule has 0 radical (unpaired) electrons. The molecule has 3 aromatic rings. The van der Waals surface area contributed by atoms with Gasteiger partial charge in [-0.25, -0.2) is 4.98 Å². The number of carbonyl (C=O) groups is 2. The van der Waals surface area contributed by atoms with E-state index in [1.807, 2.05) is 64.4 Å². The average Bonchev–Trinajstić information content (AvgIpc) is 2.93. The molecule has 2 aliphatic heterocycles. The second-order valence-electron chi connectivity index (χ2n) is 9.31. The smallest absolute Gasteiger partial charge is 0.254 e. The molecule has 1 aromatic heterocycles. The Morgan fingerprint density at radius 3 is 2.29 bits per heavy atom.